The molecule has 2 nitrogen and oxygen atoms in total. The summed E-state index contributed by atoms with van der Waals surface area (Å²) in [5.74, 6) is 5.86. The Labute approximate surface area is 89.8 Å². The van der Waals surface area contributed by atoms with E-state index in [1.807, 2.05) is 13.1 Å². The summed E-state index contributed by atoms with van der Waals surface area (Å²) in [7, 11) is 0. The van der Waals surface area contributed by atoms with E-state index in [1.165, 1.54) is 4.88 Å². The molecule has 0 bridgehead atoms. The summed E-state index contributed by atoms with van der Waals surface area (Å²) in [6, 6.07) is 0. The fourth-order valence-electron chi connectivity index (χ4n) is 1.07. The van der Waals surface area contributed by atoms with Crippen molar-refractivity contribution >= 4 is 11.3 Å². The molecule has 0 aliphatic rings. The van der Waals surface area contributed by atoms with Crippen LogP contribution in [0.2, 0.25) is 0 Å². The van der Waals surface area contributed by atoms with E-state index in [0.29, 0.717) is 6.54 Å². The molecule has 0 spiro atoms. The van der Waals surface area contributed by atoms with Gasteiger partial charge in [-0.3, -0.25) is 5.32 Å². The highest BCUT2D eigenvalue weighted by Gasteiger charge is 2.22. The van der Waals surface area contributed by atoms with Gasteiger partial charge in [-0.1, -0.05) is 5.92 Å². The number of rotatable bonds is 3. The number of hydrogen-bond acceptors (Lipinski definition) is 3. The molecular formula is C11H16N2S. The van der Waals surface area contributed by atoms with Crippen LogP contribution in [-0.4, -0.2) is 11.5 Å². The average Bonchev–Trinajstić information content (AvgIpc) is 2.53. The third-order valence-electron chi connectivity index (χ3n) is 1.95. The Balaban J connectivity index is 2.68. The largest absolute Gasteiger partial charge is 0.295 e. The molecule has 0 amide bonds. The van der Waals surface area contributed by atoms with E-state index in [4.69, 9.17) is 0 Å². The Morgan fingerprint density at radius 1 is 1.57 bits per heavy atom. The van der Waals surface area contributed by atoms with Crippen molar-refractivity contribution in [2.24, 2.45) is 0 Å². The first kappa shape index (κ1) is 11.2. The van der Waals surface area contributed by atoms with Gasteiger partial charge in [0.05, 0.1) is 12.1 Å². The maximum absolute atomic E-state index is 4.37. The molecule has 1 heterocycles. The smallest absolute Gasteiger partial charge is 0.112 e. The molecular weight excluding hydrogens is 192 g/mol. The highest BCUT2D eigenvalue weighted by atomic mass is 32.1. The molecule has 0 aliphatic carbocycles. The van der Waals surface area contributed by atoms with Gasteiger partial charge >= 0.3 is 0 Å². The van der Waals surface area contributed by atoms with Crippen molar-refractivity contribution in [1.29, 1.82) is 0 Å². The summed E-state index contributed by atoms with van der Waals surface area (Å²) in [5.41, 5.74) is -0.0806. The van der Waals surface area contributed by atoms with Crippen LogP contribution in [0.4, 0.5) is 0 Å². The third-order valence-corrected chi connectivity index (χ3v) is 3.19. The van der Waals surface area contributed by atoms with E-state index in [-0.39, 0.29) is 5.54 Å². The fourth-order valence-corrected chi connectivity index (χ4v) is 1.92. The first-order chi connectivity index (χ1) is 6.56. The first-order valence-corrected chi connectivity index (χ1v) is 5.45. The summed E-state index contributed by atoms with van der Waals surface area (Å²) < 4.78 is 0. The number of hydrogen-bond donors (Lipinski definition) is 1. The molecule has 14 heavy (non-hydrogen) atoms. The number of aryl methyl sites for hydroxylation is 1. The maximum atomic E-state index is 4.37. The molecule has 1 aromatic rings. The van der Waals surface area contributed by atoms with Crippen LogP contribution in [0.5, 0.6) is 0 Å². The second-order valence-corrected chi connectivity index (χ2v) is 4.92. The molecule has 0 atom stereocenters. The Morgan fingerprint density at radius 3 is 2.79 bits per heavy atom. The Morgan fingerprint density at radius 2 is 2.29 bits per heavy atom. The Bertz CT molecular complexity index is 355. The molecule has 0 radical (unpaired) electrons. The van der Waals surface area contributed by atoms with Crippen LogP contribution in [0.3, 0.4) is 0 Å². The molecule has 3 heteroatoms. The quantitative estimate of drug-likeness (QED) is 0.771. The van der Waals surface area contributed by atoms with Crippen molar-refractivity contribution in [1.82, 2.24) is 10.3 Å². The van der Waals surface area contributed by atoms with Gasteiger partial charge in [0.15, 0.2) is 0 Å². The minimum atomic E-state index is -0.0806. The molecule has 1 aromatic heterocycles. The molecule has 1 N–H and O–H groups in total. The molecule has 0 aromatic carbocycles. The van der Waals surface area contributed by atoms with Crippen molar-refractivity contribution in [3.8, 4) is 11.8 Å². The normalized spacial score (nSPS) is 10.9. The van der Waals surface area contributed by atoms with Crippen molar-refractivity contribution in [3.63, 3.8) is 0 Å². The SMILES string of the molecule is CC#CCNC(C)(C)c1ncc(C)s1. The lowest BCUT2D eigenvalue weighted by atomic mass is 10.1. The molecule has 0 aliphatic heterocycles. The van der Waals surface area contributed by atoms with Crippen LogP contribution in [0.1, 0.15) is 30.7 Å². The number of nitrogens with one attached hydrogen (secondary N) is 1. The van der Waals surface area contributed by atoms with E-state index >= 15 is 0 Å². The van der Waals surface area contributed by atoms with E-state index in [1.54, 1.807) is 11.3 Å². The molecule has 76 valence electrons. The van der Waals surface area contributed by atoms with Crippen LogP contribution in [0.15, 0.2) is 6.20 Å². The van der Waals surface area contributed by atoms with Gasteiger partial charge in [0, 0.05) is 11.1 Å². The standard InChI is InChI=1S/C11H16N2S/c1-5-6-7-13-11(3,4)10-12-8-9(2)14-10/h8,13H,7H2,1-4H3. The fraction of sp³-hybridized carbons (Fsp3) is 0.545. The molecule has 1 rings (SSSR count). The Kier molecular flexibility index (Phi) is 3.68. The van der Waals surface area contributed by atoms with Gasteiger partial charge in [-0.2, -0.15) is 0 Å². The zero-order valence-corrected chi connectivity index (χ0v) is 9.96. The van der Waals surface area contributed by atoms with E-state index in [2.05, 4.69) is 42.9 Å². The van der Waals surface area contributed by atoms with Crippen molar-refractivity contribution < 1.29 is 0 Å². The van der Waals surface area contributed by atoms with Crippen LogP contribution < -0.4 is 5.32 Å². The summed E-state index contributed by atoms with van der Waals surface area (Å²) >= 11 is 1.73. The van der Waals surface area contributed by atoms with Gasteiger partial charge in [-0.15, -0.1) is 17.3 Å². The van der Waals surface area contributed by atoms with Gasteiger partial charge in [-0.05, 0) is 27.7 Å². The topological polar surface area (TPSA) is 24.9 Å². The zero-order chi connectivity index (χ0) is 10.6. The second-order valence-electron chi connectivity index (χ2n) is 3.68. The molecule has 0 unspecified atom stereocenters. The molecule has 0 saturated heterocycles. The first-order valence-electron chi connectivity index (χ1n) is 4.64. The van der Waals surface area contributed by atoms with Gasteiger partial charge in [0.25, 0.3) is 0 Å². The number of thiazole rings is 1. The van der Waals surface area contributed by atoms with Crippen molar-refractivity contribution in [2.45, 2.75) is 33.2 Å². The lowest BCUT2D eigenvalue weighted by Gasteiger charge is -2.22. The average molecular weight is 208 g/mol. The minimum Gasteiger partial charge on any atom is -0.295 e. The summed E-state index contributed by atoms with van der Waals surface area (Å²) in [4.78, 5) is 5.62. The van der Waals surface area contributed by atoms with Gasteiger partial charge in [-0.25, -0.2) is 4.98 Å². The van der Waals surface area contributed by atoms with Gasteiger partial charge in [0.2, 0.25) is 0 Å². The second kappa shape index (κ2) is 4.59. The zero-order valence-electron chi connectivity index (χ0n) is 9.14. The van der Waals surface area contributed by atoms with Crippen LogP contribution in [0, 0.1) is 18.8 Å². The third kappa shape index (κ3) is 2.83. The van der Waals surface area contributed by atoms with Gasteiger partial charge < -0.3 is 0 Å². The number of nitrogens with zero attached hydrogens (tertiary/aromatic N) is 1. The summed E-state index contributed by atoms with van der Waals surface area (Å²) in [5, 5.41) is 4.48. The van der Waals surface area contributed by atoms with E-state index in [9.17, 15) is 0 Å². The monoisotopic (exact) mass is 208 g/mol. The predicted molar refractivity (Wildman–Crippen MR) is 61.3 cm³/mol. The minimum absolute atomic E-state index is 0.0806. The lowest BCUT2D eigenvalue weighted by Crippen LogP contribution is -2.36. The maximum Gasteiger partial charge on any atom is 0.112 e. The van der Waals surface area contributed by atoms with Gasteiger partial charge in [0.1, 0.15) is 5.01 Å². The summed E-state index contributed by atoms with van der Waals surface area (Å²) in [6.45, 7) is 8.89. The molecule has 0 fully saturated rings. The number of aromatic nitrogens is 1. The van der Waals surface area contributed by atoms with E-state index < -0.39 is 0 Å². The van der Waals surface area contributed by atoms with Crippen molar-refractivity contribution in [3.05, 3.63) is 16.1 Å². The van der Waals surface area contributed by atoms with Crippen molar-refractivity contribution in [2.75, 3.05) is 6.54 Å². The van der Waals surface area contributed by atoms with Crippen LogP contribution in [-0.2, 0) is 5.54 Å². The summed E-state index contributed by atoms with van der Waals surface area (Å²) in [6.07, 6.45) is 1.91. The Hall–Kier alpha value is -0.850. The van der Waals surface area contributed by atoms with Crippen LogP contribution in [0.25, 0.3) is 0 Å². The highest BCUT2D eigenvalue weighted by Crippen LogP contribution is 2.24. The van der Waals surface area contributed by atoms with E-state index in [0.717, 1.165) is 5.01 Å². The van der Waals surface area contributed by atoms with Crippen LogP contribution >= 0.6 is 11.3 Å². The molecule has 0 saturated carbocycles. The highest BCUT2D eigenvalue weighted by molar-refractivity contribution is 7.11. The predicted octanol–water partition coefficient (Wildman–Crippen LogP) is 2.30. The lowest BCUT2D eigenvalue weighted by molar-refractivity contribution is 0.426.